The topological polar surface area (TPSA) is 38.9 Å². The lowest BCUT2D eigenvalue weighted by atomic mass is 10.1. The van der Waals surface area contributed by atoms with E-state index in [9.17, 15) is 0 Å². The van der Waals surface area contributed by atoms with Crippen molar-refractivity contribution >= 4 is 39.7 Å². The fourth-order valence-electron chi connectivity index (χ4n) is 1.28. The molecule has 0 saturated carbocycles. The molecular formula is C10H8Cl2N2S. The minimum absolute atomic E-state index is 0.572. The average Bonchev–Trinajstić information content (AvgIpc) is 2.59. The Bertz CT molecular complexity index is 482. The van der Waals surface area contributed by atoms with E-state index in [-0.39, 0.29) is 0 Å². The van der Waals surface area contributed by atoms with Crippen molar-refractivity contribution in [3.8, 4) is 0 Å². The Morgan fingerprint density at radius 3 is 2.80 bits per heavy atom. The molecule has 0 amide bonds. The summed E-state index contributed by atoms with van der Waals surface area (Å²) in [6, 6.07) is 5.60. The van der Waals surface area contributed by atoms with Gasteiger partial charge in [0, 0.05) is 17.5 Å². The molecule has 78 valence electrons. The smallest absolute Gasteiger partial charge is 0.180 e. The molecule has 0 atom stereocenters. The predicted octanol–water partition coefficient (Wildman–Crippen LogP) is 3.62. The third-order valence-corrected chi connectivity index (χ3v) is 3.65. The van der Waals surface area contributed by atoms with Gasteiger partial charge in [0.2, 0.25) is 0 Å². The van der Waals surface area contributed by atoms with Gasteiger partial charge in [-0.15, -0.1) is 11.3 Å². The lowest BCUT2D eigenvalue weighted by Crippen LogP contribution is -1.86. The van der Waals surface area contributed by atoms with E-state index in [4.69, 9.17) is 28.9 Å². The maximum Gasteiger partial charge on any atom is 0.180 e. The fraction of sp³-hybridized carbons (Fsp3) is 0.100. The van der Waals surface area contributed by atoms with Crippen molar-refractivity contribution in [3.63, 3.8) is 0 Å². The van der Waals surface area contributed by atoms with Gasteiger partial charge in [0.25, 0.3) is 0 Å². The Morgan fingerprint density at radius 1 is 1.33 bits per heavy atom. The number of benzene rings is 1. The molecule has 0 aliphatic rings. The van der Waals surface area contributed by atoms with E-state index in [1.54, 1.807) is 12.3 Å². The third-order valence-electron chi connectivity index (χ3n) is 1.97. The van der Waals surface area contributed by atoms with Crippen molar-refractivity contribution in [1.82, 2.24) is 4.98 Å². The van der Waals surface area contributed by atoms with Gasteiger partial charge in [-0.2, -0.15) is 0 Å². The standard InChI is InChI=1S/C10H8Cl2N2S/c11-8-3-1-2-6(9(8)12)4-7-5-14-10(13)15-7/h1-3,5H,4H2,(H2,13,14). The van der Waals surface area contributed by atoms with Crippen LogP contribution in [0.5, 0.6) is 0 Å². The first-order valence-electron chi connectivity index (χ1n) is 4.30. The van der Waals surface area contributed by atoms with Gasteiger partial charge in [-0.25, -0.2) is 4.98 Å². The number of aromatic nitrogens is 1. The van der Waals surface area contributed by atoms with Gasteiger partial charge in [-0.05, 0) is 11.6 Å². The molecule has 2 nitrogen and oxygen atoms in total. The normalized spacial score (nSPS) is 10.5. The maximum atomic E-state index is 6.07. The molecule has 0 fully saturated rings. The van der Waals surface area contributed by atoms with Crippen molar-refractivity contribution < 1.29 is 0 Å². The SMILES string of the molecule is Nc1ncc(Cc2cccc(Cl)c2Cl)s1. The molecule has 0 bridgehead atoms. The summed E-state index contributed by atoms with van der Waals surface area (Å²) in [7, 11) is 0. The lowest BCUT2D eigenvalue weighted by Gasteiger charge is -2.03. The van der Waals surface area contributed by atoms with E-state index >= 15 is 0 Å². The summed E-state index contributed by atoms with van der Waals surface area (Å²) < 4.78 is 0. The molecule has 1 heterocycles. The maximum absolute atomic E-state index is 6.07. The second-order valence-corrected chi connectivity index (χ2v) is 4.99. The van der Waals surface area contributed by atoms with Crippen molar-refractivity contribution in [2.45, 2.75) is 6.42 Å². The van der Waals surface area contributed by atoms with Gasteiger partial charge in [0.05, 0.1) is 10.0 Å². The van der Waals surface area contributed by atoms with Crippen LogP contribution in [0.15, 0.2) is 24.4 Å². The lowest BCUT2D eigenvalue weighted by molar-refractivity contribution is 1.22. The first-order valence-corrected chi connectivity index (χ1v) is 5.87. The molecule has 2 N–H and O–H groups in total. The van der Waals surface area contributed by atoms with Crippen LogP contribution in [0.4, 0.5) is 5.13 Å². The van der Waals surface area contributed by atoms with Gasteiger partial charge in [-0.1, -0.05) is 35.3 Å². The van der Waals surface area contributed by atoms with Gasteiger partial charge in [0.15, 0.2) is 5.13 Å². The molecule has 2 rings (SSSR count). The second kappa shape index (κ2) is 4.39. The van der Waals surface area contributed by atoms with Crippen LogP contribution >= 0.6 is 34.5 Å². The number of nitrogens with zero attached hydrogens (tertiary/aromatic N) is 1. The zero-order valence-corrected chi connectivity index (χ0v) is 10.0. The van der Waals surface area contributed by atoms with Gasteiger partial charge in [-0.3, -0.25) is 0 Å². The highest BCUT2D eigenvalue weighted by Gasteiger charge is 2.06. The van der Waals surface area contributed by atoms with E-state index in [0.717, 1.165) is 10.4 Å². The van der Waals surface area contributed by atoms with Crippen molar-refractivity contribution in [1.29, 1.82) is 0 Å². The minimum Gasteiger partial charge on any atom is -0.375 e. The molecule has 15 heavy (non-hydrogen) atoms. The monoisotopic (exact) mass is 258 g/mol. The van der Waals surface area contributed by atoms with Gasteiger partial charge < -0.3 is 5.73 Å². The average molecular weight is 259 g/mol. The number of halogens is 2. The van der Waals surface area contributed by atoms with Crippen LogP contribution in [-0.2, 0) is 6.42 Å². The van der Waals surface area contributed by atoms with E-state index in [0.29, 0.717) is 21.6 Å². The van der Waals surface area contributed by atoms with Crippen LogP contribution < -0.4 is 5.73 Å². The van der Waals surface area contributed by atoms with E-state index < -0.39 is 0 Å². The van der Waals surface area contributed by atoms with E-state index in [1.165, 1.54) is 11.3 Å². The molecule has 0 radical (unpaired) electrons. The van der Waals surface area contributed by atoms with Crippen molar-refractivity contribution in [2.75, 3.05) is 5.73 Å². The summed E-state index contributed by atoms with van der Waals surface area (Å²) in [6.45, 7) is 0. The zero-order valence-electron chi connectivity index (χ0n) is 7.71. The fourth-order valence-corrected chi connectivity index (χ4v) is 2.37. The van der Waals surface area contributed by atoms with E-state index in [1.807, 2.05) is 12.1 Å². The Labute approximate surface area is 102 Å². The summed E-state index contributed by atoms with van der Waals surface area (Å²) in [5.41, 5.74) is 6.54. The largest absolute Gasteiger partial charge is 0.375 e. The number of anilines is 1. The summed E-state index contributed by atoms with van der Waals surface area (Å²) in [4.78, 5) is 5.07. The molecule has 0 unspecified atom stereocenters. The number of nitrogens with two attached hydrogens (primary N) is 1. The molecule has 1 aromatic carbocycles. The van der Waals surface area contributed by atoms with Crippen LogP contribution in [-0.4, -0.2) is 4.98 Å². The zero-order chi connectivity index (χ0) is 10.8. The molecule has 1 aromatic heterocycles. The first kappa shape index (κ1) is 10.7. The second-order valence-electron chi connectivity index (χ2n) is 3.05. The van der Waals surface area contributed by atoms with Crippen LogP contribution in [0.2, 0.25) is 10.0 Å². The Hall–Kier alpha value is -0.770. The van der Waals surface area contributed by atoms with Gasteiger partial charge in [0.1, 0.15) is 0 Å². The highest BCUT2D eigenvalue weighted by atomic mass is 35.5. The van der Waals surface area contributed by atoms with Crippen LogP contribution in [0.1, 0.15) is 10.4 Å². The molecule has 2 aromatic rings. The molecular weight excluding hydrogens is 251 g/mol. The number of hydrogen-bond acceptors (Lipinski definition) is 3. The molecule has 0 spiro atoms. The predicted molar refractivity (Wildman–Crippen MR) is 65.8 cm³/mol. The first-order chi connectivity index (χ1) is 7.16. The highest BCUT2D eigenvalue weighted by molar-refractivity contribution is 7.15. The van der Waals surface area contributed by atoms with Crippen molar-refractivity contribution in [3.05, 3.63) is 44.9 Å². The number of thiazole rings is 1. The Kier molecular flexibility index (Phi) is 3.14. The van der Waals surface area contributed by atoms with Gasteiger partial charge >= 0.3 is 0 Å². The van der Waals surface area contributed by atoms with Crippen LogP contribution in [0.3, 0.4) is 0 Å². The number of rotatable bonds is 2. The third kappa shape index (κ3) is 2.43. The summed E-state index contributed by atoms with van der Waals surface area (Å²) in [6.07, 6.45) is 2.48. The van der Waals surface area contributed by atoms with Crippen LogP contribution in [0, 0.1) is 0 Å². The summed E-state index contributed by atoms with van der Waals surface area (Å²) >= 11 is 13.4. The molecule has 0 aliphatic heterocycles. The Balaban J connectivity index is 2.28. The van der Waals surface area contributed by atoms with Crippen LogP contribution in [0.25, 0.3) is 0 Å². The number of hydrogen-bond donors (Lipinski definition) is 1. The molecule has 5 heteroatoms. The molecule has 0 aliphatic carbocycles. The van der Waals surface area contributed by atoms with Crippen molar-refractivity contribution in [2.24, 2.45) is 0 Å². The Morgan fingerprint density at radius 2 is 2.13 bits per heavy atom. The highest BCUT2D eigenvalue weighted by Crippen LogP contribution is 2.28. The quantitative estimate of drug-likeness (QED) is 0.894. The number of nitrogen functional groups attached to an aromatic ring is 1. The minimum atomic E-state index is 0.572. The summed E-state index contributed by atoms with van der Waals surface area (Å²) in [5.74, 6) is 0. The van der Waals surface area contributed by atoms with E-state index in [2.05, 4.69) is 4.98 Å². The molecule has 0 saturated heterocycles. The summed E-state index contributed by atoms with van der Waals surface area (Å²) in [5, 5.41) is 1.75.